The van der Waals surface area contributed by atoms with E-state index >= 15 is 0 Å². The molecule has 1 fully saturated rings. The third kappa shape index (κ3) is 3.20. The molecule has 1 aliphatic carbocycles. The highest BCUT2D eigenvalue weighted by atomic mass is 16.3. The van der Waals surface area contributed by atoms with Crippen molar-refractivity contribution in [3.63, 3.8) is 0 Å². The number of aliphatic hydroxyl groups is 1. The number of nitrogens with one attached hydrogen (secondary N) is 1. The Morgan fingerprint density at radius 1 is 1.23 bits per heavy atom. The predicted molar refractivity (Wildman–Crippen MR) is 102 cm³/mol. The maximum Gasteiger partial charge on any atom is 0.161 e. The largest absolute Gasteiger partial charge is 0.388 e. The molecule has 6 nitrogen and oxygen atoms in total. The number of aromatic nitrogens is 2. The standard InChI is InChI=1S/C20H23N5O/c1-12(13-6-7-13)14-8-9-17(26)15-4-2-3-5-16(15)19-22-11-10-18(23-19)24-20(14)25-21/h2-5,10-11,13,17,26H,6-9,21H2,1H3,(H,22,23,24,25)/b14-12+. The van der Waals surface area contributed by atoms with Crippen molar-refractivity contribution in [3.05, 3.63) is 53.2 Å². The van der Waals surface area contributed by atoms with Gasteiger partial charge in [-0.05, 0) is 55.7 Å². The number of rotatable bonds is 1. The normalized spacial score (nSPS) is 23.6. The highest BCUT2D eigenvalue weighted by molar-refractivity contribution is 6.08. The monoisotopic (exact) mass is 349 g/mol. The van der Waals surface area contributed by atoms with Gasteiger partial charge >= 0.3 is 0 Å². The molecule has 134 valence electrons. The molecular formula is C20H23N5O. The molecule has 6 heteroatoms. The molecule has 4 rings (SSSR count). The van der Waals surface area contributed by atoms with E-state index in [0.29, 0.717) is 36.2 Å². The van der Waals surface area contributed by atoms with Crippen molar-refractivity contribution >= 4 is 11.7 Å². The second-order valence-electron chi connectivity index (χ2n) is 6.95. The quantitative estimate of drug-likeness (QED) is 0.542. The third-order valence-electron chi connectivity index (χ3n) is 5.21. The van der Waals surface area contributed by atoms with Crippen molar-refractivity contribution in [1.29, 1.82) is 0 Å². The van der Waals surface area contributed by atoms with E-state index in [0.717, 1.165) is 16.7 Å². The van der Waals surface area contributed by atoms with Gasteiger partial charge < -0.3 is 16.3 Å². The summed E-state index contributed by atoms with van der Waals surface area (Å²) in [5.41, 5.74) is 4.08. The van der Waals surface area contributed by atoms with E-state index < -0.39 is 6.10 Å². The van der Waals surface area contributed by atoms with Gasteiger partial charge in [0.05, 0.1) is 6.10 Å². The maximum atomic E-state index is 10.8. The number of benzene rings is 1. The fraction of sp³-hybridized carbons (Fsp3) is 0.350. The van der Waals surface area contributed by atoms with Crippen LogP contribution in [-0.2, 0) is 0 Å². The van der Waals surface area contributed by atoms with Crippen molar-refractivity contribution in [1.82, 2.24) is 9.97 Å². The number of nitrogens with two attached hydrogens (primary N) is 1. The molecule has 2 bridgehead atoms. The first-order valence-corrected chi connectivity index (χ1v) is 9.02. The lowest BCUT2D eigenvalue weighted by Gasteiger charge is -2.17. The van der Waals surface area contributed by atoms with Gasteiger partial charge in [-0.1, -0.05) is 29.8 Å². The van der Waals surface area contributed by atoms with Crippen molar-refractivity contribution in [2.75, 3.05) is 5.32 Å². The van der Waals surface area contributed by atoms with Crippen LogP contribution < -0.4 is 11.2 Å². The molecule has 0 spiro atoms. The molecule has 1 aromatic heterocycles. The zero-order chi connectivity index (χ0) is 18.1. The molecule has 0 amide bonds. The fourth-order valence-electron chi connectivity index (χ4n) is 3.56. The summed E-state index contributed by atoms with van der Waals surface area (Å²) in [4.78, 5) is 9.00. The minimum atomic E-state index is -0.599. The average molecular weight is 349 g/mol. The van der Waals surface area contributed by atoms with E-state index in [4.69, 9.17) is 5.84 Å². The summed E-state index contributed by atoms with van der Waals surface area (Å²) in [7, 11) is 0. The van der Waals surface area contributed by atoms with Crippen LogP contribution in [0.5, 0.6) is 0 Å². The van der Waals surface area contributed by atoms with Gasteiger partial charge in [-0.3, -0.25) is 0 Å². The minimum absolute atomic E-state index is 0.576. The number of fused-ring (bicyclic) bond motifs is 4. The first-order chi connectivity index (χ1) is 12.7. The van der Waals surface area contributed by atoms with Gasteiger partial charge in [0.2, 0.25) is 0 Å². The van der Waals surface area contributed by atoms with Crippen molar-refractivity contribution in [3.8, 4) is 11.4 Å². The summed E-state index contributed by atoms with van der Waals surface area (Å²) >= 11 is 0. The van der Waals surface area contributed by atoms with Gasteiger partial charge in [0.15, 0.2) is 11.7 Å². The number of allylic oxidation sites excluding steroid dienone is 1. The maximum absolute atomic E-state index is 10.8. The number of nitrogens with zero attached hydrogens (tertiary/aromatic N) is 3. The molecule has 2 aliphatic rings. The first-order valence-electron chi connectivity index (χ1n) is 9.02. The first kappa shape index (κ1) is 16.7. The van der Waals surface area contributed by atoms with Gasteiger partial charge in [0.1, 0.15) is 5.82 Å². The van der Waals surface area contributed by atoms with E-state index in [1.165, 1.54) is 18.4 Å². The Bertz CT molecular complexity index is 885. The molecule has 1 aliphatic heterocycles. The predicted octanol–water partition coefficient (Wildman–Crippen LogP) is 3.38. The van der Waals surface area contributed by atoms with Gasteiger partial charge in [0, 0.05) is 11.8 Å². The van der Waals surface area contributed by atoms with Crippen LogP contribution in [-0.4, -0.2) is 20.9 Å². The summed E-state index contributed by atoms with van der Waals surface area (Å²) in [6.07, 6.45) is 4.80. The lowest BCUT2D eigenvalue weighted by Crippen LogP contribution is -2.20. The average Bonchev–Trinajstić information content (AvgIpc) is 3.51. The van der Waals surface area contributed by atoms with Crippen LogP contribution in [0.1, 0.15) is 44.3 Å². The Morgan fingerprint density at radius 3 is 2.81 bits per heavy atom. The molecule has 2 heterocycles. The SMILES string of the molecule is C/C(=C1/CCC(O)c2ccccc2-c2nccc(n2)N/C1=N/N)C1CC1. The van der Waals surface area contributed by atoms with E-state index in [2.05, 4.69) is 27.3 Å². The fourth-order valence-corrected chi connectivity index (χ4v) is 3.56. The number of hydrogen-bond acceptors (Lipinski definition) is 5. The van der Waals surface area contributed by atoms with Crippen LogP contribution in [0.2, 0.25) is 0 Å². The number of aliphatic hydroxyl groups excluding tert-OH is 1. The second-order valence-corrected chi connectivity index (χ2v) is 6.95. The number of anilines is 1. The van der Waals surface area contributed by atoms with Crippen LogP contribution in [0.15, 0.2) is 52.8 Å². The number of hydrogen-bond donors (Lipinski definition) is 3. The number of hydrazone groups is 1. The molecular weight excluding hydrogens is 326 g/mol. The molecule has 1 aromatic carbocycles. The molecule has 1 saturated carbocycles. The molecule has 0 saturated heterocycles. The third-order valence-corrected chi connectivity index (χ3v) is 5.21. The van der Waals surface area contributed by atoms with Crippen molar-refractivity contribution < 1.29 is 5.11 Å². The lowest BCUT2D eigenvalue weighted by atomic mass is 9.94. The van der Waals surface area contributed by atoms with Crippen molar-refractivity contribution in [2.24, 2.45) is 16.9 Å². The Balaban J connectivity index is 1.84. The summed E-state index contributed by atoms with van der Waals surface area (Å²) < 4.78 is 0. The zero-order valence-electron chi connectivity index (χ0n) is 14.8. The Labute approximate surface area is 152 Å². The lowest BCUT2D eigenvalue weighted by molar-refractivity contribution is 0.168. The van der Waals surface area contributed by atoms with Crippen LogP contribution in [0.4, 0.5) is 5.82 Å². The van der Waals surface area contributed by atoms with E-state index in [1.807, 2.05) is 24.3 Å². The minimum Gasteiger partial charge on any atom is -0.388 e. The summed E-state index contributed by atoms with van der Waals surface area (Å²) in [6, 6.07) is 9.55. The molecule has 1 atom stereocenters. The highest BCUT2D eigenvalue weighted by Crippen LogP contribution is 2.40. The molecule has 0 radical (unpaired) electrons. The van der Waals surface area contributed by atoms with Crippen LogP contribution >= 0.6 is 0 Å². The topological polar surface area (TPSA) is 96.4 Å². The van der Waals surface area contributed by atoms with Crippen molar-refractivity contribution in [2.45, 2.75) is 38.7 Å². The zero-order valence-corrected chi connectivity index (χ0v) is 14.8. The van der Waals surface area contributed by atoms with E-state index in [1.54, 1.807) is 12.3 Å². The summed E-state index contributed by atoms with van der Waals surface area (Å²) in [5.74, 6) is 8.15. The van der Waals surface area contributed by atoms with E-state index in [9.17, 15) is 5.11 Å². The van der Waals surface area contributed by atoms with Crippen LogP contribution in [0.25, 0.3) is 11.4 Å². The van der Waals surface area contributed by atoms with E-state index in [-0.39, 0.29) is 0 Å². The molecule has 26 heavy (non-hydrogen) atoms. The second kappa shape index (κ2) is 6.88. The van der Waals surface area contributed by atoms with Gasteiger partial charge in [0.25, 0.3) is 0 Å². The molecule has 4 N–H and O–H groups in total. The van der Waals surface area contributed by atoms with Crippen LogP contribution in [0, 0.1) is 5.92 Å². The number of amidine groups is 1. The van der Waals surface area contributed by atoms with Gasteiger partial charge in [-0.2, -0.15) is 5.10 Å². The summed E-state index contributed by atoms with van der Waals surface area (Å²) in [5, 5.41) is 18.1. The molecule has 2 aromatic rings. The van der Waals surface area contributed by atoms with Gasteiger partial charge in [-0.15, -0.1) is 0 Å². The smallest absolute Gasteiger partial charge is 0.161 e. The Morgan fingerprint density at radius 2 is 2.04 bits per heavy atom. The highest BCUT2D eigenvalue weighted by Gasteiger charge is 2.28. The van der Waals surface area contributed by atoms with Crippen LogP contribution in [0.3, 0.4) is 0 Å². The summed E-state index contributed by atoms with van der Waals surface area (Å²) in [6.45, 7) is 2.14. The Kier molecular flexibility index (Phi) is 4.42. The van der Waals surface area contributed by atoms with Gasteiger partial charge in [-0.25, -0.2) is 9.97 Å². The molecule has 1 unspecified atom stereocenters. The Hall–Kier alpha value is -2.73.